The van der Waals surface area contributed by atoms with Gasteiger partial charge in [-0.25, -0.2) is 14.4 Å². The van der Waals surface area contributed by atoms with Crippen LogP contribution in [-0.4, -0.2) is 44.8 Å². The second-order valence-electron chi connectivity index (χ2n) is 7.61. The molecule has 0 bridgehead atoms. The topological polar surface area (TPSA) is 62.5 Å². The highest BCUT2D eigenvalue weighted by Crippen LogP contribution is 2.35. The van der Waals surface area contributed by atoms with E-state index in [0.29, 0.717) is 40.7 Å². The lowest BCUT2D eigenvalue weighted by Crippen LogP contribution is -2.27. The van der Waals surface area contributed by atoms with E-state index in [0.717, 1.165) is 31.4 Å². The number of para-hydroxylation sites is 2. The van der Waals surface area contributed by atoms with Gasteiger partial charge in [-0.2, -0.15) is 0 Å². The zero-order valence-corrected chi connectivity index (χ0v) is 17.6. The van der Waals surface area contributed by atoms with Gasteiger partial charge < -0.3 is 10.2 Å². The van der Waals surface area contributed by atoms with Crippen LogP contribution in [0.3, 0.4) is 0 Å². The van der Waals surface area contributed by atoms with Crippen LogP contribution in [0.15, 0.2) is 48.7 Å². The lowest BCUT2D eigenvalue weighted by Gasteiger charge is -2.15. The standard InChI is InChI=1S/C23H21ClFN5O/c24-15-6-3-7-16(25)21(15)22-19-14-27-23(26-11-5-13-29-12-4-10-20(29)31)30(19)18-9-2-1-8-17(18)28-22/h1-3,6-9,14H,4-5,10-13H2,(H,26,27). The summed E-state index contributed by atoms with van der Waals surface area (Å²) in [6.45, 7) is 2.23. The molecule has 1 N–H and O–H groups in total. The number of halogens is 2. The third-order valence-corrected chi connectivity index (χ3v) is 5.93. The molecule has 1 saturated heterocycles. The van der Waals surface area contributed by atoms with Crippen LogP contribution in [0, 0.1) is 5.82 Å². The third kappa shape index (κ3) is 3.59. The SMILES string of the molecule is O=C1CCCN1CCCNc1ncc2c(-c3c(F)cccc3Cl)nc3ccccc3n12. The average Bonchev–Trinajstić information content (AvgIpc) is 3.37. The van der Waals surface area contributed by atoms with E-state index in [2.05, 4.69) is 10.3 Å². The van der Waals surface area contributed by atoms with Gasteiger partial charge in [0.05, 0.1) is 33.3 Å². The lowest BCUT2D eigenvalue weighted by atomic mass is 10.1. The number of likely N-dealkylation sites (tertiary alicyclic amines) is 1. The first-order valence-electron chi connectivity index (χ1n) is 10.4. The molecule has 2 aromatic carbocycles. The molecule has 0 aliphatic carbocycles. The fourth-order valence-electron chi connectivity index (χ4n) is 4.13. The molecule has 3 heterocycles. The van der Waals surface area contributed by atoms with E-state index < -0.39 is 5.82 Å². The van der Waals surface area contributed by atoms with Crippen LogP contribution in [-0.2, 0) is 4.79 Å². The van der Waals surface area contributed by atoms with Gasteiger partial charge in [0.1, 0.15) is 11.5 Å². The van der Waals surface area contributed by atoms with Crippen molar-refractivity contribution in [1.82, 2.24) is 19.3 Å². The minimum absolute atomic E-state index is 0.231. The highest BCUT2D eigenvalue weighted by atomic mass is 35.5. The summed E-state index contributed by atoms with van der Waals surface area (Å²) in [6.07, 6.45) is 4.09. The minimum atomic E-state index is -0.428. The summed E-state index contributed by atoms with van der Waals surface area (Å²) < 4.78 is 16.6. The van der Waals surface area contributed by atoms with Crippen LogP contribution in [0.4, 0.5) is 10.3 Å². The van der Waals surface area contributed by atoms with Crippen molar-refractivity contribution in [1.29, 1.82) is 0 Å². The molecule has 1 aliphatic heterocycles. The number of nitrogens with zero attached hydrogens (tertiary/aromatic N) is 4. The molecule has 0 atom stereocenters. The van der Waals surface area contributed by atoms with Crippen molar-refractivity contribution in [2.24, 2.45) is 0 Å². The maximum Gasteiger partial charge on any atom is 0.222 e. The predicted molar refractivity (Wildman–Crippen MR) is 120 cm³/mol. The Balaban J connectivity index is 1.52. The highest BCUT2D eigenvalue weighted by Gasteiger charge is 2.20. The zero-order chi connectivity index (χ0) is 21.4. The summed E-state index contributed by atoms with van der Waals surface area (Å²) in [4.78, 5) is 22.9. The number of amides is 1. The number of benzene rings is 2. The Morgan fingerprint density at radius 1 is 1.13 bits per heavy atom. The second-order valence-corrected chi connectivity index (χ2v) is 8.02. The van der Waals surface area contributed by atoms with E-state index in [1.807, 2.05) is 33.6 Å². The van der Waals surface area contributed by atoms with Crippen molar-refractivity contribution in [3.63, 3.8) is 0 Å². The van der Waals surface area contributed by atoms with Crippen molar-refractivity contribution in [3.8, 4) is 11.3 Å². The number of fused-ring (bicyclic) bond motifs is 3. The second kappa shape index (κ2) is 8.15. The molecular formula is C23H21ClFN5O. The molecule has 1 fully saturated rings. The van der Waals surface area contributed by atoms with Crippen LogP contribution in [0.1, 0.15) is 19.3 Å². The Bertz CT molecular complexity index is 1270. The predicted octanol–water partition coefficient (Wildman–Crippen LogP) is 4.77. The molecule has 2 aromatic heterocycles. The molecule has 1 aliphatic rings. The number of imidazole rings is 1. The van der Waals surface area contributed by atoms with E-state index in [1.165, 1.54) is 6.07 Å². The summed E-state index contributed by atoms with van der Waals surface area (Å²) in [7, 11) is 0. The van der Waals surface area contributed by atoms with Gasteiger partial charge in [0.2, 0.25) is 11.9 Å². The molecular weight excluding hydrogens is 417 g/mol. The Hall–Kier alpha value is -3.19. The van der Waals surface area contributed by atoms with Crippen molar-refractivity contribution in [2.45, 2.75) is 19.3 Å². The normalized spacial score (nSPS) is 14.1. The largest absolute Gasteiger partial charge is 0.355 e. The van der Waals surface area contributed by atoms with Gasteiger partial charge in [-0.15, -0.1) is 0 Å². The van der Waals surface area contributed by atoms with Crippen molar-refractivity contribution in [2.75, 3.05) is 25.0 Å². The molecule has 158 valence electrons. The third-order valence-electron chi connectivity index (χ3n) is 5.62. The molecule has 0 radical (unpaired) electrons. The van der Waals surface area contributed by atoms with E-state index in [9.17, 15) is 9.18 Å². The number of nitrogens with one attached hydrogen (secondary N) is 1. The van der Waals surface area contributed by atoms with Gasteiger partial charge in [0.25, 0.3) is 0 Å². The Labute approximate surface area is 183 Å². The van der Waals surface area contributed by atoms with Gasteiger partial charge in [0, 0.05) is 26.1 Å². The van der Waals surface area contributed by atoms with Gasteiger partial charge in [0.15, 0.2) is 0 Å². The first-order chi connectivity index (χ1) is 15.1. The Morgan fingerprint density at radius 2 is 2.00 bits per heavy atom. The van der Waals surface area contributed by atoms with Crippen LogP contribution < -0.4 is 5.32 Å². The summed E-state index contributed by atoms with van der Waals surface area (Å²) in [5.74, 6) is 0.452. The van der Waals surface area contributed by atoms with E-state index in [-0.39, 0.29) is 11.5 Å². The molecule has 0 spiro atoms. The number of hydrogen-bond acceptors (Lipinski definition) is 4. The van der Waals surface area contributed by atoms with Crippen LogP contribution in [0.5, 0.6) is 0 Å². The number of anilines is 1. The average molecular weight is 438 g/mol. The van der Waals surface area contributed by atoms with Gasteiger partial charge in [-0.05, 0) is 37.1 Å². The van der Waals surface area contributed by atoms with E-state index in [4.69, 9.17) is 16.6 Å². The van der Waals surface area contributed by atoms with Crippen LogP contribution in [0.2, 0.25) is 5.02 Å². The number of hydrogen-bond donors (Lipinski definition) is 1. The molecule has 0 unspecified atom stereocenters. The fraction of sp³-hybridized carbons (Fsp3) is 0.261. The summed E-state index contributed by atoms with van der Waals surface area (Å²) in [6, 6.07) is 12.3. The summed E-state index contributed by atoms with van der Waals surface area (Å²) in [5, 5.41) is 3.67. The van der Waals surface area contributed by atoms with Gasteiger partial charge >= 0.3 is 0 Å². The Morgan fingerprint density at radius 3 is 2.81 bits per heavy atom. The molecule has 31 heavy (non-hydrogen) atoms. The molecule has 1 amide bonds. The van der Waals surface area contributed by atoms with Crippen LogP contribution >= 0.6 is 11.6 Å². The van der Waals surface area contributed by atoms with E-state index >= 15 is 0 Å². The number of rotatable bonds is 6. The number of carbonyl (C=O) groups is 1. The molecule has 4 aromatic rings. The molecule has 6 nitrogen and oxygen atoms in total. The first-order valence-corrected chi connectivity index (χ1v) is 10.7. The minimum Gasteiger partial charge on any atom is -0.355 e. The quantitative estimate of drug-likeness (QED) is 0.441. The first kappa shape index (κ1) is 19.8. The smallest absolute Gasteiger partial charge is 0.222 e. The monoisotopic (exact) mass is 437 g/mol. The summed E-state index contributed by atoms with van der Waals surface area (Å²) >= 11 is 6.34. The van der Waals surface area contributed by atoms with Gasteiger partial charge in [-0.1, -0.05) is 29.8 Å². The van der Waals surface area contributed by atoms with Crippen molar-refractivity contribution < 1.29 is 9.18 Å². The van der Waals surface area contributed by atoms with Crippen LogP contribution in [0.25, 0.3) is 27.8 Å². The number of carbonyl (C=O) groups excluding carboxylic acids is 1. The number of aromatic nitrogens is 3. The summed E-state index contributed by atoms with van der Waals surface area (Å²) in [5.41, 5.74) is 2.96. The zero-order valence-electron chi connectivity index (χ0n) is 16.8. The van der Waals surface area contributed by atoms with Crippen molar-refractivity contribution in [3.05, 3.63) is 59.5 Å². The molecule has 0 saturated carbocycles. The van der Waals surface area contributed by atoms with Crippen molar-refractivity contribution >= 4 is 40.0 Å². The maximum atomic E-state index is 14.7. The fourth-order valence-corrected chi connectivity index (χ4v) is 4.38. The molecule has 5 rings (SSSR count). The van der Waals surface area contributed by atoms with Gasteiger partial charge in [-0.3, -0.25) is 9.20 Å². The molecule has 8 heteroatoms. The maximum absolute atomic E-state index is 14.7. The van der Waals surface area contributed by atoms with E-state index in [1.54, 1.807) is 18.3 Å². The highest BCUT2D eigenvalue weighted by molar-refractivity contribution is 6.33. The lowest BCUT2D eigenvalue weighted by molar-refractivity contribution is -0.127. The Kier molecular flexibility index (Phi) is 5.19.